The number of nitrogens with one attached hydrogen (secondary N) is 1. The SMILES string of the molecule is NCC1CCC(CNC(=O)OCc2ccccc2)CC1. The Morgan fingerprint density at radius 1 is 1.15 bits per heavy atom. The number of ether oxygens (including phenoxy) is 1. The summed E-state index contributed by atoms with van der Waals surface area (Å²) in [7, 11) is 0. The van der Waals surface area contributed by atoms with E-state index >= 15 is 0 Å². The Morgan fingerprint density at radius 3 is 2.45 bits per heavy atom. The molecule has 0 unspecified atom stereocenters. The molecule has 0 saturated heterocycles. The maximum absolute atomic E-state index is 11.6. The number of benzene rings is 1. The average Bonchev–Trinajstić information content (AvgIpc) is 2.52. The lowest BCUT2D eigenvalue weighted by Crippen LogP contribution is -2.32. The van der Waals surface area contributed by atoms with Crippen LogP contribution >= 0.6 is 0 Å². The zero-order valence-corrected chi connectivity index (χ0v) is 11.9. The van der Waals surface area contributed by atoms with Gasteiger partial charge in [-0.2, -0.15) is 0 Å². The second-order valence-electron chi connectivity index (χ2n) is 5.57. The second kappa shape index (κ2) is 7.90. The number of carbonyl (C=O) groups is 1. The molecule has 0 atom stereocenters. The van der Waals surface area contributed by atoms with E-state index in [4.69, 9.17) is 10.5 Å². The van der Waals surface area contributed by atoms with Gasteiger partial charge in [0, 0.05) is 6.54 Å². The van der Waals surface area contributed by atoms with Gasteiger partial charge in [-0.1, -0.05) is 30.3 Å². The highest BCUT2D eigenvalue weighted by Crippen LogP contribution is 2.27. The lowest BCUT2D eigenvalue weighted by molar-refractivity contribution is 0.136. The Hall–Kier alpha value is -1.55. The van der Waals surface area contributed by atoms with Gasteiger partial charge in [0.25, 0.3) is 0 Å². The molecule has 1 amide bonds. The molecule has 4 heteroatoms. The summed E-state index contributed by atoms with van der Waals surface area (Å²) in [4.78, 5) is 11.6. The number of rotatable bonds is 5. The molecule has 110 valence electrons. The number of hydrogen-bond acceptors (Lipinski definition) is 3. The molecule has 1 aliphatic carbocycles. The van der Waals surface area contributed by atoms with E-state index in [-0.39, 0.29) is 6.09 Å². The molecule has 1 aromatic carbocycles. The van der Waals surface area contributed by atoms with Crippen molar-refractivity contribution >= 4 is 6.09 Å². The number of alkyl carbamates (subject to hydrolysis) is 1. The second-order valence-corrected chi connectivity index (χ2v) is 5.57. The minimum atomic E-state index is -0.324. The maximum atomic E-state index is 11.6. The van der Waals surface area contributed by atoms with Crippen molar-refractivity contribution in [3.05, 3.63) is 35.9 Å². The fourth-order valence-electron chi connectivity index (χ4n) is 2.67. The van der Waals surface area contributed by atoms with Gasteiger partial charge in [-0.3, -0.25) is 0 Å². The Labute approximate surface area is 120 Å². The van der Waals surface area contributed by atoms with Crippen molar-refractivity contribution < 1.29 is 9.53 Å². The molecule has 0 aliphatic heterocycles. The van der Waals surface area contributed by atoms with Crippen LogP contribution in [0.5, 0.6) is 0 Å². The van der Waals surface area contributed by atoms with Gasteiger partial charge in [-0.25, -0.2) is 4.79 Å². The molecular weight excluding hydrogens is 252 g/mol. The molecule has 0 aromatic heterocycles. The highest BCUT2D eigenvalue weighted by atomic mass is 16.5. The molecule has 0 heterocycles. The van der Waals surface area contributed by atoms with Gasteiger partial charge in [-0.15, -0.1) is 0 Å². The van der Waals surface area contributed by atoms with Crippen molar-refractivity contribution in [2.45, 2.75) is 32.3 Å². The van der Waals surface area contributed by atoms with Crippen molar-refractivity contribution in [2.75, 3.05) is 13.1 Å². The van der Waals surface area contributed by atoms with E-state index in [2.05, 4.69) is 5.32 Å². The van der Waals surface area contributed by atoms with E-state index in [0.717, 1.165) is 24.9 Å². The van der Waals surface area contributed by atoms with Gasteiger partial charge in [0.1, 0.15) is 6.61 Å². The van der Waals surface area contributed by atoms with Crippen molar-refractivity contribution in [1.29, 1.82) is 0 Å². The smallest absolute Gasteiger partial charge is 0.407 e. The van der Waals surface area contributed by atoms with Gasteiger partial charge in [0.15, 0.2) is 0 Å². The van der Waals surface area contributed by atoms with Crippen LogP contribution in [0.3, 0.4) is 0 Å². The molecule has 0 bridgehead atoms. The minimum absolute atomic E-state index is 0.324. The monoisotopic (exact) mass is 276 g/mol. The fraction of sp³-hybridized carbons (Fsp3) is 0.562. The van der Waals surface area contributed by atoms with E-state index < -0.39 is 0 Å². The topological polar surface area (TPSA) is 64.3 Å². The number of hydrogen-bond donors (Lipinski definition) is 2. The Balaban J connectivity index is 1.61. The van der Waals surface area contributed by atoms with Crippen LogP contribution in [0.1, 0.15) is 31.2 Å². The molecular formula is C16H24N2O2. The Kier molecular flexibility index (Phi) is 5.87. The molecule has 0 radical (unpaired) electrons. The van der Waals surface area contributed by atoms with Gasteiger partial charge in [-0.05, 0) is 49.6 Å². The largest absolute Gasteiger partial charge is 0.445 e. The van der Waals surface area contributed by atoms with Crippen LogP contribution in [0.15, 0.2) is 30.3 Å². The first-order valence-corrected chi connectivity index (χ1v) is 7.42. The Bertz CT molecular complexity index is 400. The number of carbonyl (C=O) groups excluding carboxylic acids is 1. The highest BCUT2D eigenvalue weighted by molar-refractivity contribution is 5.67. The van der Waals surface area contributed by atoms with E-state index in [1.165, 1.54) is 12.8 Å². The summed E-state index contributed by atoms with van der Waals surface area (Å²) in [5.41, 5.74) is 6.68. The van der Waals surface area contributed by atoms with Gasteiger partial charge < -0.3 is 15.8 Å². The first kappa shape index (κ1) is 14.9. The predicted octanol–water partition coefficient (Wildman–Crippen LogP) is 2.68. The normalized spacial score (nSPS) is 22.2. The molecule has 20 heavy (non-hydrogen) atoms. The summed E-state index contributed by atoms with van der Waals surface area (Å²) in [6, 6.07) is 9.71. The maximum Gasteiger partial charge on any atom is 0.407 e. The van der Waals surface area contributed by atoms with E-state index in [1.807, 2.05) is 30.3 Å². The summed E-state index contributed by atoms with van der Waals surface area (Å²) < 4.78 is 5.19. The molecule has 0 spiro atoms. The summed E-state index contributed by atoms with van der Waals surface area (Å²) >= 11 is 0. The standard InChI is InChI=1S/C16H24N2O2/c17-10-13-6-8-14(9-7-13)11-18-16(19)20-12-15-4-2-1-3-5-15/h1-5,13-14H,6-12,17H2,(H,18,19). The summed E-state index contributed by atoms with van der Waals surface area (Å²) in [6.07, 6.45) is 4.35. The first-order chi connectivity index (χ1) is 9.78. The van der Waals surface area contributed by atoms with Crippen molar-refractivity contribution in [2.24, 2.45) is 17.6 Å². The number of amides is 1. The zero-order chi connectivity index (χ0) is 14.2. The first-order valence-electron chi connectivity index (χ1n) is 7.42. The van der Waals surface area contributed by atoms with Crippen molar-refractivity contribution in [1.82, 2.24) is 5.32 Å². The molecule has 1 fully saturated rings. The van der Waals surface area contributed by atoms with Crippen LogP contribution < -0.4 is 11.1 Å². The molecule has 1 aromatic rings. The van der Waals surface area contributed by atoms with Gasteiger partial charge in [0.05, 0.1) is 0 Å². The van der Waals surface area contributed by atoms with Crippen LogP contribution in [0.4, 0.5) is 4.79 Å². The Morgan fingerprint density at radius 2 is 1.80 bits per heavy atom. The molecule has 1 aliphatic rings. The third kappa shape index (κ3) is 4.85. The van der Waals surface area contributed by atoms with Crippen LogP contribution in [-0.4, -0.2) is 19.2 Å². The molecule has 1 saturated carbocycles. The fourth-order valence-corrected chi connectivity index (χ4v) is 2.67. The zero-order valence-electron chi connectivity index (χ0n) is 11.9. The third-order valence-electron chi connectivity index (χ3n) is 4.05. The summed E-state index contributed by atoms with van der Waals surface area (Å²) in [6.45, 7) is 1.83. The minimum Gasteiger partial charge on any atom is -0.445 e. The summed E-state index contributed by atoms with van der Waals surface area (Å²) in [5, 5.41) is 2.86. The molecule has 2 rings (SSSR count). The van der Waals surface area contributed by atoms with E-state index in [9.17, 15) is 4.79 Å². The van der Waals surface area contributed by atoms with Crippen molar-refractivity contribution in [3.63, 3.8) is 0 Å². The quantitative estimate of drug-likeness (QED) is 0.869. The lowest BCUT2D eigenvalue weighted by Gasteiger charge is -2.27. The summed E-state index contributed by atoms with van der Waals surface area (Å²) in [5.74, 6) is 1.25. The molecule has 3 N–H and O–H groups in total. The van der Waals surface area contributed by atoms with Crippen LogP contribution in [-0.2, 0) is 11.3 Å². The van der Waals surface area contributed by atoms with Crippen LogP contribution in [0.25, 0.3) is 0 Å². The van der Waals surface area contributed by atoms with Crippen LogP contribution in [0, 0.1) is 11.8 Å². The number of nitrogens with two attached hydrogens (primary N) is 1. The van der Waals surface area contributed by atoms with Gasteiger partial charge >= 0.3 is 6.09 Å². The molecule has 4 nitrogen and oxygen atoms in total. The lowest BCUT2D eigenvalue weighted by atomic mass is 9.82. The highest BCUT2D eigenvalue weighted by Gasteiger charge is 2.20. The third-order valence-corrected chi connectivity index (χ3v) is 4.05. The van der Waals surface area contributed by atoms with E-state index in [0.29, 0.717) is 25.0 Å². The van der Waals surface area contributed by atoms with Crippen LogP contribution in [0.2, 0.25) is 0 Å². The van der Waals surface area contributed by atoms with E-state index in [1.54, 1.807) is 0 Å². The van der Waals surface area contributed by atoms with Gasteiger partial charge in [0.2, 0.25) is 0 Å². The predicted molar refractivity (Wildman–Crippen MR) is 79.1 cm³/mol. The van der Waals surface area contributed by atoms with Crippen molar-refractivity contribution in [3.8, 4) is 0 Å². The average molecular weight is 276 g/mol.